The van der Waals surface area contributed by atoms with Crippen molar-refractivity contribution in [3.63, 3.8) is 0 Å². The number of rotatable bonds is 3. The number of pyridine rings is 1. The minimum Gasteiger partial charge on any atom is -0.245 e. The Balaban J connectivity index is 2.27. The van der Waals surface area contributed by atoms with E-state index in [4.69, 9.17) is 5.26 Å². The van der Waals surface area contributed by atoms with E-state index in [0.29, 0.717) is 0 Å². The highest BCUT2D eigenvalue weighted by molar-refractivity contribution is 7.99. The van der Waals surface area contributed by atoms with E-state index in [0.717, 1.165) is 29.2 Å². The number of nitrogens with zero attached hydrogens (tertiary/aromatic N) is 2. The lowest BCUT2D eigenvalue weighted by molar-refractivity contribution is 0.660. The van der Waals surface area contributed by atoms with Crippen LogP contribution in [-0.4, -0.2) is 10.7 Å². The number of allylic oxidation sites excluding steroid dienone is 1. The van der Waals surface area contributed by atoms with E-state index in [9.17, 15) is 0 Å². The molecule has 2 rings (SSSR count). The zero-order valence-electron chi connectivity index (χ0n) is 10.1. The van der Waals surface area contributed by atoms with Crippen LogP contribution in [0.25, 0.3) is 0 Å². The second kappa shape index (κ2) is 5.88. The Kier molecular flexibility index (Phi) is 4.22. The van der Waals surface area contributed by atoms with Gasteiger partial charge in [0.1, 0.15) is 11.1 Å². The Labute approximate surface area is 107 Å². The molecule has 0 spiro atoms. The molecule has 17 heavy (non-hydrogen) atoms. The van der Waals surface area contributed by atoms with Gasteiger partial charge in [0, 0.05) is 11.4 Å². The SMILES string of the molecule is C/C=C\CSc1nc2c(cc1C#N)CCCC2. The number of hydrogen-bond donors (Lipinski definition) is 0. The van der Waals surface area contributed by atoms with Gasteiger partial charge in [-0.1, -0.05) is 12.2 Å². The fourth-order valence-corrected chi connectivity index (χ4v) is 2.91. The van der Waals surface area contributed by atoms with Crippen LogP contribution in [0.3, 0.4) is 0 Å². The number of hydrogen-bond acceptors (Lipinski definition) is 3. The molecule has 0 atom stereocenters. The van der Waals surface area contributed by atoms with E-state index in [1.54, 1.807) is 11.8 Å². The fraction of sp³-hybridized carbons (Fsp3) is 0.429. The molecule has 0 saturated heterocycles. The van der Waals surface area contributed by atoms with Gasteiger partial charge >= 0.3 is 0 Å². The highest BCUT2D eigenvalue weighted by atomic mass is 32.2. The third-order valence-corrected chi connectivity index (χ3v) is 3.88. The Hall–Kier alpha value is -1.27. The van der Waals surface area contributed by atoms with Crippen molar-refractivity contribution in [3.8, 4) is 6.07 Å². The normalized spacial score (nSPS) is 14.6. The smallest absolute Gasteiger partial charge is 0.114 e. The standard InChI is InChI=1S/C14H16N2S/c1-2-3-8-17-14-12(10-15)9-11-6-4-5-7-13(11)16-14/h2-3,9H,4-8H2,1H3/b3-2-. The van der Waals surface area contributed by atoms with E-state index < -0.39 is 0 Å². The van der Waals surface area contributed by atoms with Crippen LogP contribution in [0.2, 0.25) is 0 Å². The van der Waals surface area contributed by atoms with E-state index in [1.165, 1.54) is 24.1 Å². The molecule has 0 amide bonds. The van der Waals surface area contributed by atoms with E-state index in [1.807, 2.05) is 19.1 Å². The summed E-state index contributed by atoms with van der Waals surface area (Å²) in [5, 5.41) is 10.0. The first kappa shape index (κ1) is 12.2. The molecular formula is C14H16N2S. The highest BCUT2D eigenvalue weighted by Gasteiger charge is 2.14. The first-order chi connectivity index (χ1) is 8.35. The highest BCUT2D eigenvalue weighted by Crippen LogP contribution is 2.27. The lowest BCUT2D eigenvalue weighted by Gasteiger charge is -2.16. The summed E-state index contributed by atoms with van der Waals surface area (Å²) in [5.74, 6) is 0.886. The van der Waals surface area contributed by atoms with Crippen LogP contribution in [0.1, 0.15) is 36.6 Å². The van der Waals surface area contributed by atoms with E-state index in [2.05, 4.69) is 17.1 Å². The molecule has 0 radical (unpaired) electrons. The zero-order valence-corrected chi connectivity index (χ0v) is 10.9. The van der Waals surface area contributed by atoms with Crippen molar-refractivity contribution in [2.75, 3.05) is 5.75 Å². The quantitative estimate of drug-likeness (QED) is 0.603. The number of aryl methyl sites for hydroxylation is 2. The number of nitriles is 1. The average molecular weight is 244 g/mol. The largest absolute Gasteiger partial charge is 0.245 e. The third-order valence-electron chi connectivity index (χ3n) is 2.94. The molecule has 2 nitrogen and oxygen atoms in total. The fourth-order valence-electron chi connectivity index (χ4n) is 2.03. The van der Waals surface area contributed by atoms with Gasteiger partial charge in [0.05, 0.1) is 5.56 Å². The van der Waals surface area contributed by atoms with Gasteiger partial charge in [-0.25, -0.2) is 4.98 Å². The lowest BCUT2D eigenvalue weighted by Crippen LogP contribution is -2.07. The van der Waals surface area contributed by atoms with Crippen LogP contribution in [-0.2, 0) is 12.8 Å². The van der Waals surface area contributed by atoms with Crippen molar-refractivity contribution in [1.82, 2.24) is 4.98 Å². The summed E-state index contributed by atoms with van der Waals surface area (Å²) in [5.41, 5.74) is 3.22. The van der Waals surface area contributed by atoms with Crippen LogP contribution in [0.5, 0.6) is 0 Å². The van der Waals surface area contributed by atoms with Gasteiger partial charge in [0.15, 0.2) is 0 Å². The summed E-state index contributed by atoms with van der Waals surface area (Å²) < 4.78 is 0. The van der Waals surface area contributed by atoms with Gasteiger partial charge in [-0.15, -0.1) is 11.8 Å². The number of fused-ring (bicyclic) bond motifs is 1. The summed E-state index contributed by atoms with van der Waals surface area (Å²) in [7, 11) is 0. The summed E-state index contributed by atoms with van der Waals surface area (Å²) in [6, 6.07) is 4.31. The molecule has 0 aromatic carbocycles. The van der Waals surface area contributed by atoms with Gasteiger partial charge in [-0.05, 0) is 44.2 Å². The number of thioether (sulfide) groups is 1. The van der Waals surface area contributed by atoms with Gasteiger partial charge in [-0.2, -0.15) is 5.26 Å². The van der Waals surface area contributed by atoms with Crippen LogP contribution in [0.4, 0.5) is 0 Å². The van der Waals surface area contributed by atoms with Gasteiger partial charge in [0.25, 0.3) is 0 Å². The lowest BCUT2D eigenvalue weighted by atomic mass is 9.95. The maximum absolute atomic E-state index is 9.16. The molecule has 0 saturated carbocycles. The van der Waals surface area contributed by atoms with Crippen LogP contribution >= 0.6 is 11.8 Å². The first-order valence-corrected chi connectivity index (χ1v) is 7.00. The van der Waals surface area contributed by atoms with Crippen LogP contribution < -0.4 is 0 Å². The van der Waals surface area contributed by atoms with Crippen molar-refractivity contribution in [2.24, 2.45) is 0 Å². The van der Waals surface area contributed by atoms with Crippen molar-refractivity contribution >= 4 is 11.8 Å². The minimum atomic E-state index is 0.736. The topological polar surface area (TPSA) is 36.7 Å². The monoisotopic (exact) mass is 244 g/mol. The molecule has 3 heteroatoms. The Morgan fingerprint density at radius 3 is 3.06 bits per heavy atom. The first-order valence-electron chi connectivity index (χ1n) is 6.02. The Morgan fingerprint density at radius 2 is 2.29 bits per heavy atom. The molecule has 0 fully saturated rings. The van der Waals surface area contributed by atoms with Crippen molar-refractivity contribution in [2.45, 2.75) is 37.6 Å². The van der Waals surface area contributed by atoms with Crippen molar-refractivity contribution in [1.29, 1.82) is 5.26 Å². The van der Waals surface area contributed by atoms with Crippen molar-refractivity contribution in [3.05, 3.63) is 35.0 Å². The predicted molar refractivity (Wildman–Crippen MR) is 71.1 cm³/mol. The van der Waals surface area contributed by atoms with E-state index in [-0.39, 0.29) is 0 Å². The predicted octanol–water partition coefficient (Wildman–Crippen LogP) is 3.50. The molecule has 88 valence electrons. The van der Waals surface area contributed by atoms with Gasteiger partial charge < -0.3 is 0 Å². The molecule has 1 aromatic rings. The maximum atomic E-state index is 9.16. The summed E-state index contributed by atoms with van der Waals surface area (Å²) in [6.45, 7) is 2.01. The summed E-state index contributed by atoms with van der Waals surface area (Å²) >= 11 is 1.65. The van der Waals surface area contributed by atoms with Crippen LogP contribution in [0, 0.1) is 11.3 Å². The zero-order chi connectivity index (χ0) is 12.1. The molecule has 0 bridgehead atoms. The molecular weight excluding hydrogens is 228 g/mol. The molecule has 1 aromatic heterocycles. The van der Waals surface area contributed by atoms with Gasteiger partial charge in [-0.3, -0.25) is 0 Å². The summed E-state index contributed by atoms with van der Waals surface area (Å²) in [4.78, 5) is 4.66. The number of aromatic nitrogens is 1. The second-order valence-electron chi connectivity index (χ2n) is 4.15. The van der Waals surface area contributed by atoms with Crippen molar-refractivity contribution < 1.29 is 0 Å². The molecule has 1 aliphatic carbocycles. The molecule has 0 aliphatic heterocycles. The maximum Gasteiger partial charge on any atom is 0.114 e. The Morgan fingerprint density at radius 1 is 1.47 bits per heavy atom. The van der Waals surface area contributed by atoms with Crippen LogP contribution in [0.15, 0.2) is 23.2 Å². The molecule has 1 heterocycles. The average Bonchev–Trinajstić information content (AvgIpc) is 2.38. The molecule has 1 aliphatic rings. The minimum absolute atomic E-state index is 0.736. The van der Waals surface area contributed by atoms with Gasteiger partial charge in [0.2, 0.25) is 0 Å². The second-order valence-corrected chi connectivity index (χ2v) is 5.15. The molecule has 0 N–H and O–H groups in total. The molecule has 0 unspecified atom stereocenters. The third kappa shape index (κ3) is 2.89. The summed E-state index contributed by atoms with van der Waals surface area (Å²) in [6.07, 6.45) is 8.72. The Bertz CT molecular complexity index is 472. The van der Waals surface area contributed by atoms with E-state index >= 15 is 0 Å².